The molecule has 34 heavy (non-hydrogen) atoms. The number of aromatic nitrogens is 4. The molecule has 0 bridgehead atoms. The maximum atomic E-state index is 12.4. The van der Waals surface area contributed by atoms with Crippen LogP contribution in [0.25, 0.3) is 5.82 Å². The Bertz CT molecular complexity index is 1300. The van der Waals surface area contributed by atoms with Gasteiger partial charge in [0, 0.05) is 43.5 Å². The van der Waals surface area contributed by atoms with Crippen LogP contribution in [-0.4, -0.2) is 56.9 Å². The minimum absolute atomic E-state index is 0.167. The highest BCUT2D eigenvalue weighted by Crippen LogP contribution is 2.24. The van der Waals surface area contributed by atoms with Crippen molar-refractivity contribution in [2.45, 2.75) is 33.1 Å². The summed E-state index contributed by atoms with van der Waals surface area (Å²) in [6, 6.07) is 8.00. The van der Waals surface area contributed by atoms with E-state index in [4.69, 9.17) is 4.74 Å². The number of carbonyl (C=O) groups excluding carboxylic acids is 2. The highest BCUT2D eigenvalue weighted by atomic mass is 32.2. The first-order valence-electron chi connectivity index (χ1n) is 10.7. The van der Waals surface area contributed by atoms with Crippen molar-refractivity contribution in [3.05, 3.63) is 54.4 Å². The number of imidazole rings is 1. The summed E-state index contributed by atoms with van der Waals surface area (Å²) < 4.78 is 35.0. The number of piperidine rings is 1. The molecule has 178 valence electrons. The van der Waals surface area contributed by atoms with Gasteiger partial charge in [0.05, 0.1) is 5.75 Å². The van der Waals surface area contributed by atoms with Crippen molar-refractivity contribution in [3.63, 3.8) is 0 Å². The lowest BCUT2D eigenvalue weighted by atomic mass is 10.1. The SMILES string of the molecule is Cc1nc(Oc2ccc(NS(=O)(=O)CCN3C(=O)CCCC3=O)cc2)cc(-n2ccnc2C)n1. The number of nitrogens with one attached hydrogen (secondary N) is 1. The standard InChI is InChI=1S/C22H24N6O5S/c1-15-24-19(27-11-10-23-16(27)2)14-20(25-15)33-18-8-6-17(7-9-18)26-34(31,32)13-12-28-21(29)4-3-5-22(28)30/h6-11,14,26H,3-5,12-13H2,1-2H3. The van der Waals surface area contributed by atoms with Crippen LogP contribution < -0.4 is 9.46 Å². The number of benzene rings is 1. The molecule has 1 aromatic carbocycles. The van der Waals surface area contributed by atoms with Gasteiger partial charge in [-0.25, -0.2) is 18.4 Å². The molecule has 1 fully saturated rings. The maximum Gasteiger partial charge on any atom is 0.234 e. The van der Waals surface area contributed by atoms with E-state index in [0.29, 0.717) is 35.4 Å². The van der Waals surface area contributed by atoms with Gasteiger partial charge in [0.25, 0.3) is 0 Å². The Morgan fingerprint density at radius 1 is 1.06 bits per heavy atom. The Kier molecular flexibility index (Phi) is 6.59. The number of carbonyl (C=O) groups is 2. The minimum Gasteiger partial charge on any atom is -0.439 e. The molecule has 0 atom stereocenters. The highest BCUT2D eigenvalue weighted by molar-refractivity contribution is 7.92. The van der Waals surface area contributed by atoms with E-state index >= 15 is 0 Å². The summed E-state index contributed by atoms with van der Waals surface area (Å²) in [7, 11) is -3.76. The molecule has 3 aromatic rings. The Morgan fingerprint density at radius 2 is 1.76 bits per heavy atom. The lowest BCUT2D eigenvalue weighted by Gasteiger charge is -2.24. The van der Waals surface area contributed by atoms with Crippen LogP contribution >= 0.6 is 0 Å². The van der Waals surface area contributed by atoms with Crippen molar-refractivity contribution in [3.8, 4) is 17.4 Å². The summed E-state index contributed by atoms with van der Waals surface area (Å²) in [4.78, 5) is 37.6. The molecule has 3 heterocycles. The number of anilines is 1. The van der Waals surface area contributed by atoms with E-state index in [-0.39, 0.29) is 37.0 Å². The summed E-state index contributed by atoms with van der Waals surface area (Å²) in [5.41, 5.74) is 0.331. The van der Waals surface area contributed by atoms with Crippen molar-refractivity contribution in [2.75, 3.05) is 17.0 Å². The minimum atomic E-state index is -3.76. The number of aryl methyl sites for hydroxylation is 2. The van der Waals surface area contributed by atoms with Crippen molar-refractivity contribution >= 4 is 27.5 Å². The van der Waals surface area contributed by atoms with E-state index in [2.05, 4.69) is 19.7 Å². The first-order chi connectivity index (χ1) is 16.2. The summed E-state index contributed by atoms with van der Waals surface area (Å²) >= 11 is 0. The van der Waals surface area contributed by atoms with Crippen LogP contribution in [0.2, 0.25) is 0 Å². The number of rotatable bonds is 8. The first-order valence-corrected chi connectivity index (χ1v) is 12.3. The molecule has 4 rings (SSSR count). The Hall–Kier alpha value is -3.80. The van der Waals surface area contributed by atoms with Crippen LogP contribution in [0.3, 0.4) is 0 Å². The van der Waals surface area contributed by atoms with Crippen LogP contribution in [0.1, 0.15) is 30.9 Å². The van der Waals surface area contributed by atoms with Crippen LogP contribution in [-0.2, 0) is 19.6 Å². The zero-order chi connectivity index (χ0) is 24.3. The average Bonchev–Trinajstić information content (AvgIpc) is 3.20. The summed E-state index contributed by atoms with van der Waals surface area (Å²) in [6.07, 6.45) is 4.49. The lowest BCUT2D eigenvalue weighted by molar-refractivity contribution is -0.147. The summed E-state index contributed by atoms with van der Waals surface area (Å²) in [5.74, 6) is 1.66. The molecule has 12 heteroatoms. The maximum absolute atomic E-state index is 12.4. The molecule has 2 aromatic heterocycles. The zero-order valence-corrected chi connectivity index (χ0v) is 19.6. The van der Waals surface area contributed by atoms with Gasteiger partial charge in [-0.3, -0.25) is 23.8 Å². The van der Waals surface area contributed by atoms with Crippen LogP contribution in [0.5, 0.6) is 11.6 Å². The Labute approximate surface area is 196 Å². The lowest BCUT2D eigenvalue weighted by Crippen LogP contribution is -2.43. The number of likely N-dealkylation sites (tertiary alicyclic amines) is 1. The Balaban J connectivity index is 1.39. The quantitative estimate of drug-likeness (QED) is 0.481. The van der Waals surface area contributed by atoms with Gasteiger partial charge >= 0.3 is 0 Å². The molecule has 1 aliphatic heterocycles. The third-order valence-electron chi connectivity index (χ3n) is 5.19. The molecule has 0 aliphatic carbocycles. The fourth-order valence-electron chi connectivity index (χ4n) is 3.52. The largest absolute Gasteiger partial charge is 0.439 e. The van der Waals surface area contributed by atoms with Crippen LogP contribution in [0.4, 0.5) is 5.69 Å². The van der Waals surface area contributed by atoms with Gasteiger partial charge in [-0.1, -0.05) is 0 Å². The average molecular weight is 485 g/mol. The van der Waals surface area contributed by atoms with Crippen molar-refractivity contribution in [1.29, 1.82) is 0 Å². The van der Waals surface area contributed by atoms with E-state index in [0.717, 1.165) is 10.7 Å². The number of imide groups is 1. The van der Waals surface area contributed by atoms with E-state index in [9.17, 15) is 18.0 Å². The molecule has 0 radical (unpaired) electrons. The second-order valence-corrected chi connectivity index (χ2v) is 9.64. The van der Waals surface area contributed by atoms with Crippen molar-refractivity contribution < 1.29 is 22.7 Å². The number of nitrogens with zero attached hydrogens (tertiary/aromatic N) is 5. The zero-order valence-electron chi connectivity index (χ0n) is 18.8. The van der Waals surface area contributed by atoms with Gasteiger partial charge < -0.3 is 4.74 Å². The van der Waals surface area contributed by atoms with Gasteiger partial charge in [0.1, 0.15) is 23.2 Å². The third kappa shape index (κ3) is 5.57. The van der Waals surface area contributed by atoms with Gasteiger partial charge in [-0.05, 0) is 44.5 Å². The van der Waals surface area contributed by atoms with E-state index < -0.39 is 10.0 Å². The molecule has 0 spiro atoms. The predicted molar refractivity (Wildman–Crippen MR) is 123 cm³/mol. The second-order valence-electron chi connectivity index (χ2n) is 7.80. The van der Waals surface area contributed by atoms with Crippen LogP contribution in [0.15, 0.2) is 42.7 Å². The fourth-order valence-corrected chi connectivity index (χ4v) is 4.54. The number of amides is 2. The molecule has 2 amide bonds. The molecular weight excluding hydrogens is 460 g/mol. The first kappa shape index (κ1) is 23.4. The molecular formula is C22H24N6O5S. The number of hydrogen-bond donors (Lipinski definition) is 1. The Morgan fingerprint density at radius 3 is 2.41 bits per heavy atom. The van der Waals surface area contributed by atoms with E-state index in [1.807, 2.05) is 11.5 Å². The monoisotopic (exact) mass is 484 g/mol. The van der Waals surface area contributed by atoms with Gasteiger partial charge in [0.2, 0.25) is 27.7 Å². The fraction of sp³-hybridized carbons (Fsp3) is 0.318. The van der Waals surface area contributed by atoms with Crippen LogP contribution in [0, 0.1) is 13.8 Å². The molecule has 1 saturated heterocycles. The summed E-state index contributed by atoms with van der Waals surface area (Å²) in [6.45, 7) is 3.45. The smallest absolute Gasteiger partial charge is 0.234 e. The molecule has 1 aliphatic rings. The molecule has 0 saturated carbocycles. The number of sulfonamides is 1. The van der Waals surface area contributed by atoms with Gasteiger partial charge in [0.15, 0.2) is 0 Å². The normalized spacial score (nSPS) is 14.4. The van der Waals surface area contributed by atoms with E-state index in [1.54, 1.807) is 49.6 Å². The topological polar surface area (TPSA) is 136 Å². The summed E-state index contributed by atoms with van der Waals surface area (Å²) in [5, 5.41) is 0. The molecule has 0 unspecified atom stereocenters. The molecule has 1 N–H and O–H groups in total. The molecule has 11 nitrogen and oxygen atoms in total. The van der Waals surface area contributed by atoms with Gasteiger partial charge in [-0.15, -0.1) is 0 Å². The van der Waals surface area contributed by atoms with Gasteiger partial charge in [-0.2, -0.15) is 4.98 Å². The third-order valence-corrected chi connectivity index (χ3v) is 6.46. The highest BCUT2D eigenvalue weighted by Gasteiger charge is 2.27. The van der Waals surface area contributed by atoms with E-state index in [1.165, 1.54) is 0 Å². The predicted octanol–water partition coefficient (Wildman–Crippen LogP) is 2.35. The van der Waals surface area contributed by atoms with Crippen molar-refractivity contribution in [1.82, 2.24) is 24.4 Å². The number of hydrogen-bond acceptors (Lipinski definition) is 8. The number of ether oxygens (including phenoxy) is 1. The second kappa shape index (κ2) is 9.59. The van der Waals surface area contributed by atoms with Crippen molar-refractivity contribution in [2.24, 2.45) is 0 Å².